The number of fused-ring (bicyclic) bond motifs is 1. The molecule has 2 aliphatic heterocycles. The maximum atomic E-state index is 11.9. The number of aliphatic hydroxyl groups excluding tert-OH is 1. The molecule has 2 fully saturated rings. The number of ether oxygens (including phenoxy) is 2. The molecule has 1 spiro atoms. The summed E-state index contributed by atoms with van der Waals surface area (Å²) in [6.45, 7) is 8.21. The lowest BCUT2D eigenvalue weighted by molar-refractivity contribution is -0.165. The van der Waals surface area contributed by atoms with Gasteiger partial charge >= 0.3 is 0 Å². The standard InChI is InChI=1S/C20H26O5/c1-10(2)12-8-11(9-21)13-15(14(12)22)24-18-20(13)7-5-6-19(3,4)16(20)17(23)25-18/h8-10,16-18,22-23H,5-7H2,1-4H3. The minimum absolute atomic E-state index is 0.0654. The second-order valence-corrected chi connectivity index (χ2v) is 8.72. The minimum Gasteiger partial charge on any atom is -0.504 e. The van der Waals surface area contributed by atoms with Crippen molar-refractivity contribution in [1.29, 1.82) is 0 Å². The highest BCUT2D eigenvalue weighted by Gasteiger charge is 2.68. The molecule has 5 heteroatoms. The highest BCUT2D eigenvalue weighted by atomic mass is 16.7. The number of benzene rings is 1. The zero-order valence-corrected chi connectivity index (χ0v) is 15.2. The Kier molecular flexibility index (Phi) is 3.51. The third kappa shape index (κ3) is 1.99. The third-order valence-electron chi connectivity index (χ3n) is 6.53. The van der Waals surface area contributed by atoms with E-state index in [1.165, 1.54) is 0 Å². The van der Waals surface area contributed by atoms with Gasteiger partial charge in [-0.25, -0.2) is 0 Å². The number of carbonyl (C=O) groups is 1. The van der Waals surface area contributed by atoms with Gasteiger partial charge in [0.2, 0.25) is 6.29 Å². The molecule has 1 saturated heterocycles. The summed E-state index contributed by atoms with van der Waals surface area (Å²) in [7, 11) is 0. The van der Waals surface area contributed by atoms with Crippen molar-refractivity contribution in [3.05, 3.63) is 22.8 Å². The van der Waals surface area contributed by atoms with E-state index in [1.807, 2.05) is 13.8 Å². The van der Waals surface area contributed by atoms with Gasteiger partial charge < -0.3 is 19.7 Å². The maximum Gasteiger partial charge on any atom is 0.213 e. The number of rotatable bonds is 2. The average Bonchev–Trinajstić information content (AvgIpc) is 2.97. The molecule has 4 atom stereocenters. The maximum absolute atomic E-state index is 11.9. The van der Waals surface area contributed by atoms with Gasteiger partial charge in [0.15, 0.2) is 24.1 Å². The first kappa shape index (κ1) is 16.9. The summed E-state index contributed by atoms with van der Waals surface area (Å²) < 4.78 is 11.8. The molecule has 0 amide bonds. The van der Waals surface area contributed by atoms with Crippen molar-refractivity contribution in [3.8, 4) is 11.5 Å². The van der Waals surface area contributed by atoms with E-state index in [2.05, 4.69) is 13.8 Å². The summed E-state index contributed by atoms with van der Waals surface area (Å²) in [4.78, 5) is 11.9. The van der Waals surface area contributed by atoms with Crippen LogP contribution in [0.3, 0.4) is 0 Å². The fourth-order valence-electron chi connectivity index (χ4n) is 5.53. The number of carbonyl (C=O) groups excluding carboxylic acids is 1. The van der Waals surface area contributed by atoms with Gasteiger partial charge in [0.1, 0.15) is 0 Å². The van der Waals surface area contributed by atoms with Crippen LogP contribution in [0, 0.1) is 11.3 Å². The predicted octanol–water partition coefficient (Wildman–Crippen LogP) is 3.46. The van der Waals surface area contributed by atoms with E-state index >= 15 is 0 Å². The summed E-state index contributed by atoms with van der Waals surface area (Å²) in [5.74, 6) is 0.353. The monoisotopic (exact) mass is 346 g/mol. The summed E-state index contributed by atoms with van der Waals surface area (Å²) >= 11 is 0. The molecular weight excluding hydrogens is 320 g/mol. The average molecular weight is 346 g/mol. The van der Waals surface area contributed by atoms with Crippen LogP contribution in [-0.2, 0) is 10.2 Å². The van der Waals surface area contributed by atoms with Gasteiger partial charge in [-0.1, -0.05) is 34.1 Å². The Bertz CT molecular complexity index is 738. The van der Waals surface area contributed by atoms with E-state index in [1.54, 1.807) is 6.07 Å². The molecule has 1 aromatic carbocycles. The van der Waals surface area contributed by atoms with Crippen molar-refractivity contribution in [2.75, 3.05) is 0 Å². The van der Waals surface area contributed by atoms with Crippen molar-refractivity contribution < 1.29 is 24.5 Å². The smallest absolute Gasteiger partial charge is 0.213 e. The molecule has 136 valence electrons. The van der Waals surface area contributed by atoms with Crippen LogP contribution in [-0.4, -0.2) is 29.1 Å². The number of aldehydes is 1. The molecule has 5 nitrogen and oxygen atoms in total. The Morgan fingerprint density at radius 1 is 1.32 bits per heavy atom. The first-order chi connectivity index (χ1) is 11.7. The predicted molar refractivity (Wildman–Crippen MR) is 91.9 cm³/mol. The van der Waals surface area contributed by atoms with Gasteiger partial charge in [-0.2, -0.15) is 0 Å². The van der Waals surface area contributed by atoms with Crippen LogP contribution in [0.1, 0.15) is 74.4 Å². The molecule has 1 saturated carbocycles. The molecular formula is C20H26O5. The van der Waals surface area contributed by atoms with Crippen molar-refractivity contribution in [1.82, 2.24) is 0 Å². The highest BCUT2D eigenvalue weighted by Crippen LogP contribution is 2.66. The molecule has 4 unspecified atom stereocenters. The molecule has 4 rings (SSSR count). The molecule has 0 bridgehead atoms. The van der Waals surface area contributed by atoms with Crippen LogP contribution in [0.2, 0.25) is 0 Å². The fourth-order valence-corrected chi connectivity index (χ4v) is 5.53. The lowest BCUT2D eigenvalue weighted by Crippen LogP contribution is -2.50. The number of hydrogen-bond donors (Lipinski definition) is 2. The van der Waals surface area contributed by atoms with E-state index in [0.29, 0.717) is 16.9 Å². The Morgan fingerprint density at radius 2 is 2.04 bits per heavy atom. The van der Waals surface area contributed by atoms with Gasteiger partial charge in [-0.05, 0) is 30.2 Å². The SMILES string of the molecule is CC(C)c1cc(C=O)c2c(c1O)OC1OC(O)C3C(C)(C)CCCC213. The minimum atomic E-state index is -0.931. The van der Waals surface area contributed by atoms with Crippen LogP contribution in [0.4, 0.5) is 0 Å². The van der Waals surface area contributed by atoms with Crippen molar-refractivity contribution in [2.45, 2.75) is 70.9 Å². The summed E-state index contributed by atoms with van der Waals surface area (Å²) in [6, 6.07) is 1.77. The van der Waals surface area contributed by atoms with Crippen molar-refractivity contribution >= 4 is 6.29 Å². The normalized spacial score (nSPS) is 35.0. The molecule has 2 N–H and O–H groups in total. The van der Waals surface area contributed by atoms with Crippen LogP contribution in [0.25, 0.3) is 0 Å². The van der Waals surface area contributed by atoms with Crippen LogP contribution in [0.15, 0.2) is 6.07 Å². The Hall–Kier alpha value is -1.59. The number of hydrogen-bond acceptors (Lipinski definition) is 5. The molecule has 0 radical (unpaired) electrons. The van der Waals surface area contributed by atoms with E-state index < -0.39 is 18.0 Å². The topological polar surface area (TPSA) is 76.0 Å². The lowest BCUT2D eigenvalue weighted by Gasteiger charge is -2.47. The molecule has 1 aromatic rings. The second-order valence-electron chi connectivity index (χ2n) is 8.72. The van der Waals surface area contributed by atoms with E-state index in [-0.39, 0.29) is 23.0 Å². The largest absolute Gasteiger partial charge is 0.504 e. The number of phenolic OH excluding ortho intramolecular Hbond substituents is 1. The highest BCUT2D eigenvalue weighted by molar-refractivity contribution is 5.83. The summed E-state index contributed by atoms with van der Waals surface area (Å²) in [5.41, 5.74) is 1.23. The van der Waals surface area contributed by atoms with Gasteiger partial charge in [0, 0.05) is 22.6 Å². The van der Waals surface area contributed by atoms with Crippen LogP contribution >= 0.6 is 0 Å². The number of aliphatic hydroxyl groups is 1. The first-order valence-corrected chi connectivity index (χ1v) is 9.09. The van der Waals surface area contributed by atoms with Gasteiger partial charge in [-0.15, -0.1) is 0 Å². The molecule has 25 heavy (non-hydrogen) atoms. The Balaban J connectivity index is 2.00. The summed E-state index contributed by atoms with van der Waals surface area (Å²) in [6.07, 6.45) is 1.97. The third-order valence-corrected chi connectivity index (χ3v) is 6.53. The Morgan fingerprint density at radius 3 is 2.68 bits per heavy atom. The van der Waals surface area contributed by atoms with E-state index in [4.69, 9.17) is 9.47 Å². The van der Waals surface area contributed by atoms with Gasteiger partial charge in [0.25, 0.3) is 0 Å². The molecule has 0 aromatic heterocycles. The number of phenols is 1. The van der Waals surface area contributed by atoms with Crippen molar-refractivity contribution in [2.24, 2.45) is 11.3 Å². The summed E-state index contributed by atoms with van der Waals surface area (Å²) in [5, 5.41) is 21.4. The van der Waals surface area contributed by atoms with Crippen LogP contribution < -0.4 is 4.74 Å². The zero-order chi connectivity index (χ0) is 18.1. The molecule has 1 aliphatic carbocycles. The Labute approximate surface area is 148 Å². The van der Waals surface area contributed by atoms with Crippen LogP contribution in [0.5, 0.6) is 11.5 Å². The molecule has 3 aliphatic rings. The van der Waals surface area contributed by atoms with Crippen molar-refractivity contribution in [3.63, 3.8) is 0 Å². The zero-order valence-electron chi connectivity index (χ0n) is 15.2. The molecule has 2 heterocycles. The second kappa shape index (κ2) is 5.21. The van der Waals surface area contributed by atoms with Gasteiger partial charge in [-0.3, -0.25) is 4.79 Å². The lowest BCUT2D eigenvalue weighted by atomic mass is 9.54. The van der Waals surface area contributed by atoms with E-state index in [0.717, 1.165) is 31.1 Å². The quantitative estimate of drug-likeness (QED) is 0.802. The van der Waals surface area contributed by atoms with E-state index in [9.17, 15) is 15.0 Å². The van der Waals surface area contributed by atoms with Gasteiger partial charge in [0.05, 0.1) is 5.41 Å². The number of aromatic hydroxyl groups is 1. The fraction of sp³-hybridized carbons (Fsp3) is 0.650. The first-order valence-electron chi connectivity index (χ1n) is 9.09.